The van der Waals surface area contributed by atoms with Crippen LogP contribution in [-0.2, 0) is 14.3 Å². The number of para-hydroxylation sites is 1. The first-order valence-corrected chi connectivity index (χ1v) is 12.1. The average Bonchev–Trinajstić information content (AvgIpc) is 2.77. The lowest BCUT2D eigenvalue weighted by Crippen LogP contribution is -2.56. The quantitative estimate of drug-likeness (QED) is 0.677. The number of imide groups is 1. The van der Waals surface area contributed by atoms with Crippen LogP contribution >= 0.6 is 0 Å². The summed E-state index contributed by atoms with van der Waals surface area (Å²) in [6, 6.07) is 5.76. The third-order valence-corrected chi connectivity index (χ3v) is 6.68. The number of piperidine rings is 2. The largest absolute Gasteiger partial charge is 0.485 e. The van der Waals surface area contributed by atoms with E-state index in [9.17, 15) is 14.4 Å². The number of anilines is 2. The van der Waals surface area contributed by atoms with E-state index in [0.717, 1.165) is 43.1 Å². The standard InChI is InChI=1S/C25H36N4O5/c1-16-15-29(20-9-10-21(30)26-23(20)31)19-8-6-7-18(22(19)33-16)28-13-11-17(12-14-28)27(5)24(32)34-25(2,3)4/h6-8,16-17,20H,9-15H2,1-5H3,(H,26,30,31)/t16-,20?/m1/s1. The lowest BCUT2D eigenvalue weighted by atomic mass is 10.00. The van der Waals surface area contributed by atoms with Gasteiger partial charge in [-0.3, -0.25) is 14.9 Å². The maximum Gasteiger partial charge on any atom is 0.410 e. The fourth-order valence-electron chi connectivity index (χ4n) is 4.97. The van der Waals surface area contributed by atoms with E-state index in [1.54, 1.807) is 11.9 Å². The normalized spacial score (nSPS) is 23.7. The summed E-state index contributed by atoms with van der Waals surface area (Å²) in [5, 5.41) is 2.48. The van der Waals surface area contributed by atoms with Gasteiger partial charge in [0, 0.05) is 32.6 Å². The van der Waals surface area contributed by atoms with E-state index < -0.39 is 5.60 Å². The Bertz CT molecular complexity index is 951. The van der Waals surface area contributed by atoms with E-state index in [1.165, 1.54) is 0 Å². The minimum Gasteiger partial charge on any atom is -0.485 e. The molecule has 3 aliphatic rings. The molecule has 2 fully saturated rings. The molecular formula is C25H36N4O5. The zero-order valence-electron chi connectivity index (χ0n) is 20.8. The third kappa shape index (κ3) is 5.08. The number of fused-ring (bicyclic) bond motifs is 1. The molecule has 2 saturated heterocycles. The van der Waals surface area contributed by atoms with E-state index >= 15 is 0 Å². The third-order valence-electron chi connectivity index (χ3n) is 6.68. The van der Waals surface area contributed by atoms with Gasteiger partial charge in [-0.2, -0.15) is 0 Å². The Kier molecular flexibility index (Phi) is 6.64. The van der Waals surface area contributed by atoms with Gasteiger partial charge in [0.05, 0.1) is 17.9 Å². The lowest BCUT2D eigenvalue weighted by molar-refractivity contribution is -0.134. The van der Waals surface area contributed by atoms with E-state index in [0.29, 0.717) is 19.4 Å². The van der Waals surface area contributed by atoms with E-state index in [-0.39, 0.29) is 36.1 Å². The van der Waals surface area contributed by atoms with Crippen molar-refractivity contribution in [2.24, 2.45) is 0 Å². The molecule has 0 saturated carbocycles. The Morgan fingerprint density at radius 1 is 1.15 bits per heavy atom. The molecule has 3 amide bonds. The molecule has 1 aromatic carbocycles. The van der Waals surface area contributed by atoms with Gasteiger partial charge in [-0.25, -0.2) is 4.79 Å². The smallest absolute Gasteiger partial charge is 0.410 e. The number of ether oxygens (including phenoxy) is 2. The summed E-state index contributed by atoms with van der Waals surface area (Å²) in [4.78, 5) is 42.8. The van der Waals surface area contributed by atoms with E-state index in [2.05, 4.69) is 21.2 Å². The Morgan fingerprint density at radius 2 is 1.82 bits per heavy atom. The predicted octanol–water partition coefficient (Wildman–Crippen LogP) is 2.91. The fourth-order valence-corrected chi connectivity index (χ4v) is 4.97. The minimum atomic E-state index is -0.516. The lowest BCUT2D eigenvalue weighted by Gasteiger charge is -2.43. The van der Waals surface area contributed by atoms with Gasteiger partial charge in [-0.15, -0.1) is 0 Å². The van der Waals surface area contributed by atoms with Crippen molar-refractivity contribution in [3.63, 3.8) is 0 Å². The molecule has 0 bridgehead atoms. The maximum absolute atomic E-state index is 12.6. The predicted molar refractivity (Wildman–Crippen MR) is 129 cm³/mol. The molecule has 1 aromatic rings. The second-order valence-corrected chi connectivity index (χ2v) is 10.5. The Balaban J connectivity index is 1.49. The van der Waals surface area contributed by atoms with Crippen LogP contribution in [0.5, 0.6) is 5.75 Å². The Labute approximate surface area is 201 Å². The second kappa shape index (κ2) is 9.35. The zero-order chi connectivity index (χ0) is 24.6. The van der Waals surface area contributed by atoms with Crippen molar-refractivity contribution in [1.82, 2.24) is 10.2 Å². The molecule has 2 atom stereocenters. The minimum absolute atomic E-state index is 0.0880. The van der Waals surface area contributed by atoms with Crippen LogP contribution in [0, 0.1) is 0 Å². The first-order valence-electron chi connectivity index (χ1n) is 12.1. The number of hydrogen-bond acceptors (Lipinski definition) is 7. The van der Waals surface area contributed by atoms with Crippen LogP contribution in [0.3, 0.4) is 0 Å². The van der Waals surface area contributed by atoms with Crippen LogP contribution < -0.4 is 19.9 Å². The molecular weight excluding hydrogens is 436 g/mol. The summed E-state index contributed by atoms with van der Waals surface area (Å²) < 4.78 is 11.8. The second-order valence-electron chi connectivity index (χ2n) is 10.5. The molecule has 4 rings (SSSR count). The first kappa shape index (κ1) is 24.2. The van der Waals surface area contributed by atoms with Gasteiger partial charge in [0.15, 0.2) is 5.75 Å². The highest BCUT2D eigenvalue weighted by molar-refractivity contribution is 6.02. The molecule has 9 heteroatoms. The molecule has 186 valence electrons. The summed E-state index contributed by atoms with van der Waals surface area (Å²) >= 11 is 0. The SMILES string of the molecule is C[C@@H]1CN(C2CCC(=O)NC2=O)c2cccc(N3CCC(N(C)C(=O)OC(C)(C)C)CC3)c2O1. The Hall–Kier alpha value is -2.97. The van der Waals surface area contributed by atoms with Crippen LogP contribution in [0.4, 0.5) is 16.2 Å². The number of hydrogen-bond donors (Lipinski definition) is 1. The molecule has 0 aromatic heterocycles. The molecule has 3 heterocycles. The van der Waals surface area contributed by atoms with Gasteiger partial charge >= 0.3 is 6.09 Å². The first-order chi connectivity index (χ1) is 16.0. The monoisotopic (exact) mass is 472 g/mol. The van der Waals surface area contributed by atoms with Crippen molar-refractivity contribution in [2.75, 3.05) is 36.5 Å². The van der Waals surface area contributed by atoms with Gasteiger partial charge in [0.25, 0.3) is 0 Å². The summed E-state index contributed by atoms with van der Waals surface area (Å²) in [5.41, 5.74) is 1.37. The number of nitrogens with one attached hydrogen (secondary N) is 1. The van der Waals surface area contributed by atoms with Crippen molar-refractivity contribution in [3.8, 4) is 5.75 Å². The van der Waals surface area contributed by atoms with Crippen LogP contribution in [0.15, 0.2) is 18.2 Å². The number of nitrogens with zero attached hydrogens (tertiary/aromatic N) is 3. The van der Waals surface area contributed by atoms with Crippen molar-refractivity contribution < 1.29 is 23.9 Å². The van der Waals surface area contributed by atoms with Gasteiger partial charge in [-0.05, 0) is 59.1 Å². The van der Waals surface area contributed by atoms with Crippen LogP contribution in [0.2, 0.25) is 0 Å². The van der Waals surface area contributed by atoms with E-state index in [4.69, 9.17) is 9.47 Å². The molecule has 9 nitrogen and oxygen atoms in total. The van der Waals surface area contributed by atoms with Crippen molar-refractivity contribution in [3.05, 3.63) is 18.2 Å². The molecule has 34 heavy (non-hydrogen) atoms. The highest BCUT2D eigenvalue weighted by atomic mass is 16.6. The zero-order valence-corrected chi connectivity index (χ0v) is 20.8. The fraction of sp³-hybridized carbons (Fsp3) is 0.640. The molecule has 0 radical (unpaired) electrons. The van der Waals surface area contributed by atoms with Crippen LogP contribution in [0.1, 0.15) is 53.4 Å². The Morgan fingerprint density at radius 3 is 2.47 bits per heavy atom. The highest BCUT2D eigenvalue weighted by Gasteiger charge is 2.38. The van der Waals surface area contributed by atoms with Gasteiger partial charge in [0.1, 0.15) is 17.7 Å². The highest BCUT2D eigenvalue weighted by Crippen LogP contribution is 2.44. The van der Waals surface area contributed by atoms with E-state index in [1.807, 2.05) is 39.8 Å². The topological polar surface area (TPSA) is 91.4 Å². The van der Waals surface area contributed by atoms with Crippen molar-refractivity contribution in [2.45, 2.75) is 77.2 Å². The summed E-state index contributed by atoms with van der Waals surface area (Å²) in [7, 11) is 1.81. The summed E-state index contributed by atoms with van der Waals surface area (Å²) in [5.74, 6) is 0.327. The van der Waals surface area contributed by atoms with Gasteiger partial charge in [-0.1, -0.05) is 6.07 Å². The number of rotatable bonds is 3. The maximum atomic E-state index is 12.6. The van der Waals surface area contributed by atoms with Crippen molar-refractivity contribution >= 4 is 29.3 Å². The van der Waals surface area contributed by atoms with Crippen LogP contribution in [-0.4, -0.2) is 73.3 Å². The molecule has 1 unspecified atom stereocenters. The number of carbonyl (C=O) groups excluding carboxylic acids is 3. The molecule has 3 aliphatic heterocycles. The number of benzene rings is 1. The number of amides is 3. The average molecular weight is 473 g/mol. The number of carbonyl (C=O) groups is 3. The van der Waals surface area contributed by atoms with Gasteiger partial charge < -0.3 is 24.2 Å². The summed E-state index contributed by atoms with van der Waals surface area (Å²) in [6.07, 6.45) is 2.12. The molecule has 1 N–H and O–H groups in total. The molecule has 0 spiro atoms. The van der Waals surface area contributed by atoms with Gasteiger partial charge in [0.2, 0.25) is 11.8 Å². The van der Waals surface area contributed by atoms with Crippen LogP contribution in [0.25, 0.3) is 0 Å². The summed E-state index contributed by atoms with van der Waals surface area (Å²) in [6.45, 7) is 9.78. The van der Waals surface area contributed by atoms with Crippen molar-refractivity contribution in [1.29, 1.82) is 0 Å². The molecule has 0 aliphatic carbocycles.